The minimum atomic E-state index is -0.904. The number of rotatable bonds is 10. The van der Waals surface area contributed by atoms with Crippen molar-refractivity contribution in [2.45, 2.75) is 26.8 Å². The van der Waals surface area contributed by atoms with E-state index in [2.05, 4.69) is 10.6 Å². The molecule has 0 fully saturated rings. The van der Waals surface area contributed by atoms with Crippen LogP contribution in [-0.4, -0.2) is 37.0 Å². The van der Waals surface area contributed by atoms with Crippen LogP contribution >= 0.6 is 0 Å². The molecule has 0 heterocycles. The Labute approximate surface area is 205 Å². The standard InChI is InChI=1S/C28H30N2O5/c1-4-34-22-16-14-21(15-17-22)27(32)30-26(19(2)3)28(33)35-18-25(31)29-24-13-9-8-12-23(24)20-10-6-5-7-11-20/h5-17,19,26H,4,18H2,1-3H3,(H,29,31)(H,30,32). The van der Waals surface area contributed by atoms with Crippen molar-refractivity contribution >= 4 is 23.5 Å². The Morgan fingerprint density at radius 3 is 2.17 bits per heavy atom. The molecule has 1 unspecified atom stereocenters. The summed E-state index contributed by atoms with van der Waals surface area (Å²) in [6.45, 7) is 5.52. The molecule has 7 nitrogen and oxygen atoms in total. The molecule has 2 N–H and O–H groups in total. The van der Waals surface area contributed by atoms with Gasteiger partial charge in [0.2, 0.25) is 0 Å². The van der Waals surface area contributed by atoms with Crippen LogP contribution in [0.4, 0.5) is 5.69 Å². The van der Waals surface area contributed by atoms with Crippen LogP contribution in [-0.2, 0) is 14.3 Å². The normalized spacial score (nSPS) is 11.4. The number of carbonyl (C=O) groups excluding carboxylic acids is 3. The molecule has 3 aromatic rings. The molecular formula is C28H30N2O5. The number of hydrogen-bond donors (Lipinski definition) is 2. The number of amides is 2. The van der Waals surface area contributed by atoms with E-state index in [0.29, 0.717) is 23.6 Å². The average Bonchev–Trinajstić information content (AvgIpc) is 2.87. The smallest absolute Gasteiger partial charge is 0.329 e. The van der Waals surface area contributed by atoms with Crippen LogP contribution < -0.4 is 15.4 Å². The van der Waals surface area contributed by atoms with Crippen molar-refractivity contribution in [3.05, 3.63) is 84.4 Å². The Hall–Kier alpha value is -4.13. The first kappa shape index (κ1) is 25.5. The van der Waals surface area contributed by atoms with Crippen LogP contribution in [0.25, 0.3) is 11.1 Å². The largest absolute Gasteiger partial charge is 0.494 e. The molecule has 0 saturated heterocycles. The third kappa shape index (κ3) is 7.17. The summed E-state index contributed by atoms with van der Waals surface area (Å²) in [6.07, 6.45) is 0. The highest BCUT2D eigenvalue weighted by Gasteiger charge is 2.27. The van der Waals surface area contributed by atoms with Crippen molar-refractivity contribution < 1.29 is 23.9 Å². The van der Waals surface area contributed by atoms with Crippen LogP contribution in [0.1, 0.15) is 31.1 Å². The van der Waals surface area contributed by atoms with Crippen LogP contribution in [0, 0.1) is 5.92 Å². The third-order valence-electron chi connectivity index (χ3n) is 5.27. The van der Waals surface area contributed by atoms with Gasteiger partial charge in [-0.3, -0.25) is 9.59 Å². The van der Waals surface area contributed by atoms with Crippen LogP contribution in [0.15, 0.2) is 78.9 Å². The van der Waals surface area contributed by atoms with Gasteiger partial charge in [-0.15, -0.1) is 0 Å². The Morgan fingerprint density at radius 1 is 0.857 bits per heavy atom. The maximum absolute atomic E-state index is 12.7. The number of carbonyl (C=O) groups is 3. The van der Waals surface area contributed by atoms with Gasteiger partial charge in [0.25, 0.3) is 11.8 Å². The van der Waals surface area contributed by atoms with Gasteiger partial charge in [-0.05, 0) is 48.7 Å². The molecule has 182 valence electrons. The van der Waals surface area contributed by atoms with Gasteiger partial charge in [0, 0.05) is 16.8 Å². The molecule has 0 bridgehead atoms. The van der Waals surface area contributed by atoms with E-state index in [9.17, 15) is 14.4 Å². The summed E-state index contributed by atoms with van der Waals surface area (Å²) in [6, 6.07) is 22.8. The van der Waals surface area contributed by atoms with E-state index in [1.807, 2.05) is 55.5 Å². The van der Waals surface area contributed by atoms with E-state index in [0.717, 1.165) is 11.1 Å². The van der Waals surface area contributed by atoms with Crippen LogP contribution in [0.3, 0.4) is 0 Å². The zero-order valence-corrected chi connectivity index (χ0v) is 20.1. The highest BCUT2D eigenvalue weighted by Crippen LogP contribution is 2.27. The van der Waals surface area contributed by atoms with Crippen molar-refractivity contribution in [2.75, 3.05) is 18.5 Å². The summed E-state index contributed by atoms with van der Waals surface area (Å²) in [4.78, 5) is 37.9. The molecule has 0 aliphatic rings. The number of para-hydroxylation sites is 1. The first-order valence-corrected chi connectivity index (χ1v) is 11.5. The van der Waals surface area contributed by atoms with Crippen LogP contribution in [0.2, 0.25) is 0 Å². The van der Waals surface area contributed by atoms with Crippen molar-refractivity contribution in [1.82, 2.24) is 5.32 Å². The minimum Gasteiger partial charge on any atom is -0.494 e. The Kier molecular flexibility index (Phi) is 9.01. The molecule has 35 heavy (non-hydrogen) atoms. The quantitative estimate of drug-likeness (QED) is 0.416. The SMILES string of the molecule is CCOc1ccc(C(=O)NC(C(=O)OCC(=O)Nc2ccccc2-c2ccccc2)C(C)C)cc1. The van der Waals surface area contributed by atoms with Gasteiger partial charge < -0.3 is 20.1 Å². The predicted molar refractivity (Wildman–Crippen MR) is 135 cm³/mol. The molecule has 0 saturated carbocycles. The zero-order chi connectivity index (χ0) is 25.2. The van der Waals surface area contributed by atoms with E-state index in [-0.39, 0.29) is 5.92 Å². The molecule has 0 aliphatic carbocycles. The van der Waals surface area contributed by atoms with Crippen molar-refractivity contribution in [1.29, 1.82) is 0 Å². The van der Waals surface area contributed by atoms with E-state index in [1.165, 1.54) is 0 Å². The van der Waals surface area contributed by atoms with E-state index >= 15 is 0 Å². The summed E-state index contributed by atoms with van der Waals surface area (Å²) in [5, 5.41) is 5.50. The zero-order valence-electron chi connectivity index (χ0n) is 20.1. The molecule has 0 radical (unpaired) electrons. The fraction of sp³-hybridized carbons (Fsp3) is 0.250. The predicted octanol–water partition coefficient (Wildman–Crippen LogP) is 4.69. The number of nitrogens with one attached hydrogen (secondary N) is 2. The lowest BCUT2D eigenvalue weighted by Crippen LogP contribution is -2.45. The summed E-state index contributed by atoms with van der Waals surface area (Å²) in [5.41, 5.74) is 2.82. The van der Waals surface area contributed by atoms with Gasteiger partial charge in [0.05, 0.1) is 6.61 Å². The Balaban J connectivity index is 1.59. The number of benzene rings is 3. The highest BCUT2D eigenvalue weighted by molar-refractivity contribution is 5.98. The number of esters is 1. The minimum absolute atomic E-state index is 0.240. The third-order valence-corrected chi connectivity index (χ3v) is 5.27. The maximum atomic E-state index is 12.7. The van der Waals surface area contributed by atoms with E-state index in [4.69, 9.17) is 9.47 Å². The molecule has 2 amide bonds. The fourth-order valence-corrected chi connectivity index (χ4v) is 3.47. The number of anilines is 1. The van der Waals surface area contributed by atoms with Crippen LogP contribution in [0.5, 0.6) is 5.75 Å². The second kappa shape index (κ2) is 12.4. The van der Waals surface area contributed by atoms with Gasteiger partial charge in [-0.25, -0.2) is 4.79 Å². The molecule has 3 aromatic carbocycles. The monoisotopic (exact) mass is 474 g/mol. The van der Waals surface area contributed by atoms with E-state index < -0.39 is 30.4 Å². The summed E-state index contributed by atoms with van der Waals surface area (Å²) < 4.78 is 10.6. The molecule has 0 spiro atoms. The lowest BCUT2D eigenvalue weighted by molar-refractivity contribution is -0.150. The van der Waals surface area contributed by atoms with Crippen molar-refractivity contribution in [2.24, 2.45) is 5.92 Å². The molecule has 7 heteroatoms. The Bertz CT molecular complexity index is 1140. The van der Waals surface area contributed by atoms with E-state index in [1.54, 1.807) is 44.2 Å². The second-order valence-corrected chi connectivity index (χ2v) is 8.22. The van der Waals surface area contributed by atoms with Gasteiger partial charge in [0.1, 0.15) is 11.8 Å². The molecule has 3 rings (SSSR count). The molecule has 0 aliphatic heterocycles. The maximum Gasteiger partial charge on any atom is 0.329 e. The molecule has 1 atom stereocenters. The topological polar surface area (TPSA) is 93.7 Å². The Morgan fingerprint density at radius 2 is 1.51 bits per heavy atom. The van der Waals surface area contributed by atoms with Gasteiger partial charge in [0.15, 0.2) is 6.61 Å². The van der Waals surface area contributed by atoms with Crippen molar-refractivity contribution in [3.63, 3.8) is 0 Å². The summed E-state index contributed by atoms with van der Waals surface area (Å²) in [7, 11) is 0. The first-order chi connectivity index (χ1) is 16.9. The summed E-state index contributed by atoms with van der Waals surface area (Å²) >= 11 is 0. The summed E-state index contributed by atoms with van der Waals surface area (Å²) in [5.74, 6) is -1.14. The molecule has 0 aromatic heterocycles. The lowest BCUT2D eigenvalue weighted by Gasteiger charge is -2.21. The fourth-order valence-electron chi connectivity index (χ4n) is 3.47. The average molecular weight is 475 g/mol. The second-order valence-electron chi connectivity index (χ2n) is 8.22. The molecular weight excluding hydrogens is 444 g/mol. The lowest BCUT2D eigenvalue weighted by atomic mass is 10.0. The van der Waals surface area contributed by atoms with Crippen molar-refractivity contribution in [3.8, 4) is 16.9 Å². The first-order valence-electron chi connectivity index (χ1n) is 11.5. The highest BCUT2D eigenvalue weighted by atomic mass is 16.5. The number of hydrogen-bond acceptors (Lipinski definition) is 5. The van der Waals surface area contributed by atoms with Gasteiger partial charge in [-0.1, -0.05) is 62.4 Å². The van der Waals surface area contributed by atoms with Gasteiger partial charge in [-0.2, -0.15) is 0 Å². The number of ether oxygens (including phenoxy) is 2. The van der Waals surface area contributed by atoms with Gasteiger partial charge >= 0.3 is 5.97 Å².